The summed E-state index contributed by atoms with van der Waals surface area (Å²) in [4.78, 5) is 6.15. The predicted octanol–water partition coefficient (Wildman–Crippen LogP) is 3.09. The number of pyridine rings is 1. The number of anilines is 3. The van der Waals surface area contributed by atoms with E-state index in [0.717, 1.165) is 11.5 Å². The summed E-state index contributed by atoms with van der Waals surface area (Å²) in [5, 5.41) is 0.401. The van der Waals surface area contributed by atoms with Crippen LogP contribution in [-0.2, 0) is 0 Å². The number of nitrogens with zero attached hydrogens (tertiary/aromatic N) is 2. The molecule has 0 spiro atoms. The van der Waals surface area contributed by atoms with Crippen LogP contribution in [0.5, 0.6) is 0 Å². The molecule has 2 aromatic rings. The number of para-hydroxylation sites is 1. The Morgan fingerprint density at radius 2 is 1.88 bits per heavy atom. The molecule has 1 aromatic carbocycles. The molecule has 0 saturated carbocycles. The highest BCUT2D eigenvalue weighted by Gasteiger charge is 2.06. The van der Waals surface area contributed by atoms with Gasteiger partial charge in [-0.1, -0.05) is 29.8 Å². The van der Waals surface area contributed by atoms with Crippen LogP contribution in [0.2, 0.25) is 5.15 Å². The van der Waals surface area contributed by atoms with Gasteiger partial charge in [0.25, 0.3) is 0 Å². The zero-order chi connectivity index (χ0) is 11.5. The van der Waals surface area contributed by atoms with Crippen LogP contribution in [0.3, 0.4) is 0 Å². The van der Waals surface area contributed by atoms with Gasteiger partial charge in [0, 0.05) is 24.5 Å². The summed E-state index contributed by atoms with van der Waals surface area (Å²) in [6, 6.07) is 13.3. The smallest absolute Gasteiger partial charge is 0.136 e. The van der Waals surface area contributed by atoms with Crippen molar-refractivity contribution in [3.63, 3.8) is 0 Å². The normalized spacial score (nSPS) is 10.1. The number of nitrogen functional groups attached to an aromatic ring is 1. The second-order valence-electron chi connectivity index (χ2n) is 3.48. The maximum absolute atomic E-state index is 5.86. The summed E-state index contributed by atoms with van der Waals surface area (Å²) in [6.07, 6.45) is 0. The highest BCUT2D eigenvalue weighted by molar-refractivity contribution is 6.29. The van der Waals surface area contributed by atoms with Crippen LogP contribution in [0, 0.1) is 0 Å². The molecular formula is C12H12ClN3. The average Bonchev–Trinajstić information content (AvgIpc) is 2.28. The van der Waals surface area contributed by atoms with Crippen molar-refractivity contribution >= 4 is 28.8 Å². The molecule has 0 aliphatic carbocycles. The minimum Gasteiger partial charge on any atom is -0.399 e. The van der Waals surface area contributed by atoms with Gasteiger partial charge in [-0.05, 0) is 18.2 Å². The number of benzene rings is 1. The van der Waals surface area contributed by atoms with E-state index in [1.807, 2.05) is 42.3 Å². The first-order chi connectivity index (χ1) is 7.66. The van der Waals surface area contributed by atoms with E-state index in [9.17, 15) is 0 Å². The summed E-state index contributed by atoms with van der Waals surface area (Å²) in [5.41, 5.74) is 7.37. The number of hydrogen-bond acceptors (Lipinski definition) is 3. The SMILES string of the molecule is CN(c1ccccc1)c1cc(N)cc(Cl)n1. The van der Waals surface area contributed by atoms with Crippen molar-refractivity contribution < 1.29 is 0 Å². The average molecular weight is 234 g/mol. The van der Waals surface area contributed by atoms with Gasteiger partial charge in [-0.15, -0.1) is 0 Å². The Kier molecular flexibility index (Phi) is 2.97. The molecule has 0 aliphatic rings. The molecular weight excluding hydrogens is 222 g/mol. The molecule has 0 fully saturated rings. The van der Waals surface area contributed by atoms with E-state index in [0.29, 0.717) is 10.8 Å². The Hall–Kier alpha value is -1.74. The van der Waals surface area contributed by atoms with Crippen LogP contribution in [0.4, 0.5) is 17.2 Å². The summed E-state index contributed by atoms with van der Waals surface area (Å²) < 4.78 is 0. The van der Waals surface area contributed by atoms with E-state index in [1.165, 1.54) is 0 Å². The monoisotopic (exact) mass is 233 g/mol. The molecule has 1 aromatic heterocycles. The highest BCUT2D eigenvalue weighted by atomic mass is 35.5. The van der Waals surface area contributed by atoms with Gasteiger partial charge in [-0.2, -0.15) is 0 Å². The second kappa shape index (κ2) is 4.41. The van der Waals surface area contributed by atoms with Gasteiger partial charge in [0.2, 0.25) is 0 Å². The lowest BCUT2D eigenvalue weighted by molar-refractivity contribution is 1.13. The van der Waals surface area contributed by atoms with Crippen molar-refractivity contribution in [2.75, 3.05) is 17.7 Å². The third kappa shape index (κ3) is 2.25. The van der Waals surface area contributed by atoms with E-state index in [-0.39, 0.29) is 0 Å². The van der Waals surface area contributed by atoms with E-state index >= 15 is 0 Å². The lowest BCUT2D eigenvalue weighted by atomic mass is 10.3. The van der Waals surface area contributed by atoms with Gasteiger partial charge in [0.05, 0.1) is 0 Å². The van der Waals surface area contributed by atoms with Gasteiger partial charge < -0.3 is 10.6 Å². The van der Waals surface area contributed by atoms with Crippen molar-refractivity contribution in [2.45, 2.75) is 0 Å². The molecule has 1 heterocycles. The van der Waals surface area contributed by atoms with Gasteiger partial charge in [0.15, 0.2) is 0 Å². The van der Waals surface area contributed by atoms with Gasteiger partial charge in [-0.25, -0.2) is 4.98 Å². The zero-order valence-electron chi connectivity index (χ0n) is 8.89. The van der Waals surface area contributed by atoms with E-state index in [4.69, 9.17) is 17.3 Å². The Morgan fingerprint density at radius 3 is 2.50 bits per heavy atom. The summed E-state index contributed by atoms with van der Waals surface area (Å²) >= 11 is 5.86. The van der Waals surface area contributed by atoms with E-state index < -0.39 is 0 Å². The first kappa shape index (κ1) is 10.8. The molecule has 16 heavy (non-hydrogen) atoms. The summed E-state index contributed by atoms with van der Waals surface area (Å²) in [7, 11) is 1.92. The fourth-order valence-corrected chi connectivity index (χ4v) is 1.67. The molecule has 82 valence electrons. The number of rotatable bonds is 2. The molecule has 4 heteroatoms. The first-order valence-corrected chi connectivity index (χ1v) is 5.26. The Balaban J connectivity index is 2.37. The Labute approximate surface area is 99.5 Å². The predicted molar refractivity (Wildman–Crippen MR) is 68.2 cm³/mol. The second-order valence-corrected chi connectivity index (χ2v) is 3.86. The molecule has 0 atom stereocenters. The molecule has 0 amide bonds. The number of nitrogens with two attached hydrogens (primary N) is 1. The van der Waals surface area contributed by atoms with Gasteiger partial charge >= 0.3 is 0 Å². The van der Waals surface area contributed by atoms with Crippen molar-refractivity contribution in [3.8, 4) is 0 Å². The topological polar surface area (TPSA) is 42.1 Å². The first-order valence-electron chi connectivity index (χ1n) is 4.88. The van der Waals surface area contributed by atoms with E-state index in [2.05, 4.69) is 4.98 Å². The Bertz CT molecular complexity index is 465. The maximum atomic E-state index is 5.86. The maximum Gasteiger partial charge on any atom is 0.136 e. The number of aromatic nitrogens is 1. The van der Waals surface area contributed by atoms with Crippen LogP contribution >= 0.6 is 11.6 Å². The highest BCUT2D eigenvalue weighted by Crippen LogP contribution is 2.24. The fraction of sp³-hybridized carbons (Fsp3) is 0.0833. The van der Waals surface area contributed by atoms with Crippen molar-refractivity contribution in [1.82, 2.24) is 4.98 Å². The standard InChI is InChI=1S/C12H12ClN3/c1-16(10-5-3-2-4-6-10)12-8-9(14)7-11(13)15-12/h2-8H,1H3,(H2,14,15). The van der Waals surface area contributed by atoms with Crippen LogP contribution < -0.4 is 10.6 Å². The quantitative estimate of drug-likeness (QED) is 0.811. The van der Waals surface area contributed by atoms with Crippen LogP contribution in [0.1, 0.15) is 0 Å². The number of hydrogen-bond donors (Lipinski definition) is 1. The molecule has 0 bridgehead atoms. The molecule has 0 aliphatic heterocycles. The van der Waals surface area contributed by atoms with Gasteiger partial charge in [0.1, 0.15) is 11.0 Å². The molecule has 0 radical (unpaired) electrons. The van der Waals surface area contributed by atoms with Crippen molar-refractivity contribution in [3.05, 3.63) is 47.6 Å². The zero-order valence-corrected chi connectivity index (χ0v) is 9.65. The molecule has 2 N–H and O–H groups in total. The Morgan fingerprint density at radius 1 is 1.19 bits per heavy atom. The molecule has 2 rings (SSSR count). The van der Waals surface area contributed by atoms with Gasteiger partial charge in [-0.3, -0.25) is 0 Å². The third-order valence-corrected chi connectivity index (χ3v) is 2.48. The summed E-state index contributed by atoms with van der Waals surface area (Å²) in [6.45, 7) is 0. The third-order valence-electron chi connectivity index (χ3n) is 2.29. The molecule has 0 unspecified atom stereocenters. The van der Waals surface area contributed by atoms with Crippen LogP contribution in [-0.4, -0.2) is 12.0 Å². The minimum absolute atomic E-state index is 0.401. The summed E-state index contributed by atoms with van der Waals surface area (Å²) in [5.74, 6) is 0.733. The van der Waals surface area contributed by atoms with Crippen LogP contribution in [0.15, 0.2) is 42.5 Å². The van der Waals surface area contributed by atoms with Crippen molar-refractivity contribution in [1.29, 1.82) is 0 Å². The lowest BCUT2D eigenvalue weighted by Crippen LogP contribution is -2.11. The fourth-order valence-electron chi connectivity index (χ4n) is 1.46. The van der Waals surface area contributed by atoms with Crippen molar-refractivity contribution in [2.24, 2.45) is 0 Å². The molecule has 3 nitrogen and oxygen atoms in total. The number of halogens is 1. The lowest BCUT2D eigenvalue weighted by Gasteiger charge is -2.18. The van der Waals surface area contributed by atoms with E-state index in [1.54, 1.807) is 12.1 Å². The molecule has 0 saturated heterocycles. The van der Waals surface area contributed by atoms with Crippen LogP contribution in [0.25, 0.3) is 0 Å². The minimum atomic E-state index is 0.401. The largest absolute Gasteiger partial charge is 0.399 e.